The van der Waals surface area contributed by atoms with E-state index in [4.69, 9.17) is 9.97 Å². The van der Waals surface area contributed by atoms with Crippen molar-refractivity contribution in [3.05, 3.63) is 206 Å². The van der Waals surface area contributed by atoms with Gasteiger partial charge in [0.2, 0.25) is 0 Å². The summed E-state index contributed by atoms with van der Waals surface area (Å²) < 4.78 is 0. The first-order chi connectivity index (χ1) is 26.8. The van der Waals surface area contributed by atoms with Crippen molar-refractivity contribution in [3.8, 4) is 67.3 Å². The Morgan fingerprint density at radius 2 is 0.574 bits per heavy atom. The average Bonchev–Trinajstić information content (AvgIpc) is 3.27. The molecular formula is C52H34N2. The molecule has 0 aliphatic carbocycles. The van der Waals surface area contributed by atoms with Crippen LogP contribution in [0.4, 0.5) is 0 Å². The maximum Gasteiger partial charge on any atom is 0.160 e. The molecule has 1 heterocycles. The SMILES string of the molecule is c1ccc(-c2nc(-c3cccc(-c4cccc(-c5ccc6c7ccccc7c7ccccc7c6c5)c4)c3)nc(-c3ccccc3)c2-c2ccccc2)cc1. The molecular weight excluding hydrogens is 653 g/mol. The quantitative estimate of drug-likeness (QED) is 0.163. The van der Waals surface area contributed by atoms with E-state index in [1.54, 1.807) is 0 Å². The van der Waals surface area contributed by atoms with E-state index in [2.05, 4.69) is 188 Å². The minimum Gasteiger partial charge on any atom is -0.227 e. The standard InChI is InChI=1S/C52H34N2/c1-4-16-35(17-5-1)49-50(36-18-6-2-7-19-36)53-52(54-51(49)37-20-8-3-9-21-37)42-25-15-24-40(33-42)38-22-14-23-39(32-38)41-30-31-47-45-28-11-10-26-43(45)44-27-12-13-29-46(44)48(47)34-41/h1-34H. The van der Waals surface area contributed by atoms with Crippen LogP contribution in [-0.2, 0) is 0 Å². The largest absolute Gasteiger partial charge is 0.227 e. The lowest BCUT2D eigenvalue weighted by Crippen LogP contribution is -2.01. The number of rotatable bonds is 6. The molecule has 0 fully saturated rings. The summed E-state index contributed by atoms with van der Waals surface area (Å²) in [5, 5.41) is 7.69. The number of nitrogens with zero attached hydrogens (tertiary/aromatic N) is 2. The van der Waals surface area contributed by atoms with Crippen LogP contribution in [0.5, 0.6) is 0 Å². The van der Waals surface area contributed by atoms with E-state index < -0.39 is 0 Å². The fourth-order valence-corrected chi connectivity index (χ4v) is 7.88. The maximum absolute atomic E-state index is 5.34. The van der Waals surface area contributed by atoms with Crippen molar-refractivity contribution in [1.29, 1.82) is 0 Å². The Kier molecular flexibility index (Phi) is 7.85. The Morgan fingerprint density at radius 1 is 0.222 bits per heavy atom. The van der Waals surface area contributed by atoms with Gasteiger partial charge in [-0.2, -0.15) is 0 Å². The van der Waals surface area contributed by atoms with Gasteiger partial charge in [0, 0.05) is 22.3 Å². The Bertz CT molecular complexity index is 2870. The van der Waals surface area contributed by atoms with Crippen LogP contribution in [0.15, 0.2) is 206 Å². The predicted octanol–water partition coefficient (Wildman–Crippen LogP) is 13.9. The number of aromatic nitrogens is 2. The van der Waals surface area contributed by atoms with Crippen LogP contribution in [0, 0.1) is 0 Å². The lowest BCUT2D eigenvalue weighted by atomic mass is 9.91. The minimum absolute atomic E-state index is 0.694. The van der Waals surface area contributed by atoms with Gasteiger partial charge in [0.25, 0.3) is 0 Å². The lowest BCUT2D eigenvalue weighted by molar-refractivity contribution is 1.18. The molecule has 0 aliphatic rings. The third kappa shape index (κ3) is 5.62. The summed E-state index contributed by atoms with van der Waals surface area (Å²) in [5.74, 6) is 0.694. The zero-order valence-electron chi connectivity index (χ0n) is 29.5. The molecule has 0 unspecified atom stereocenters. The van der Waals surface area contributed by atoms with E-state index in [0.717, 1.165) is 50.3 Å². The summed E-state index contributed by atoms with van der Waals surface area (Å²) in [5.41, 5.74) is 11.6. The third-order valence-electron chi connectivity index (χ3n) is 10.5. The molecule has 0 saturated carbocycles. The van der Waals surface area contributed by atoms with Crippen molar-refractivity contribution in [3.63, 3.8) is 0 Å². The highest BCUT2D eigenvalue weighted by molar-refractivity contribution is 6.25. The van der Waals surface area contributed by atoms with Crippen LogP contribution >= 0.6 is 0 Å². The van der Waals surface area contributed by atoms with Crippen LogP contribution in [0.2, 0.25) is 0 Å². The molecule has 10 rings (SSSR count). The van der Waals surface area contributed by atoms with Crippen molar-refractivity contribution < 1.29 is 0 Å². The molecule has 2 nitrogen and oxygen atoms in total. The van der Waals surface area contributed by atoms with E-state index in [9.17, 15) is 0 Å². The fourth-order valence-electron chi connectivity index (χ4n) is 7.88. The zero-order valence-corrected chi connectivity index (χ0v) is 29.5. The third-order valence-corrected chi connectivity index (χ3v) is 10.5. The van der Waals surface area contributed by atoms with Crippen molar-refractivity contribution in [2.24, 2.45) is 0 Å². The molecule has 0 radical (unpaired) electrons. The van der Waals surface area contributed by atoms with Gasteiger partial charge in [-0.3, -0.25) is 0 Å². The summed E-state index contributed by atoms with van der Waals surface area (Å²) in [4.78, 5) is 10.7. The van der Waals surface area contributed by atoms with E-state index >= 15 is 0 Å². The van der Waals surface area contributed by atoms with Gasteiger partial charge in [0.1, 0.15) is 0 Å². The Balaban J connectivity index is 1.10. The summed E-state index contributed by atoms with van der Waals surface area (Å²) in [6.45, 7) is 0. The van der Waals surface area contributed by atoms with Gasteiger partial charge in [0.15, 0.2) is 5.82 Å². The van der Waals surface area contributed by atoms with E-state index in [0.29, 0.717) is 5.82 Å². The number of benzene rings is 9. The molecule has 9 aromatic carbocycles. The van der Waals surface area contributed by atoms with Gasteiger partial charge >= 0.3 is 0 Å². The summed E-state index contributed by atoms with van der Waals surface area (Å²) >= 11 is 0. The zero-order chi connectivity index (χ0) is 35.8. The smallest absolute Gasteiger partial charge is 0.160 e. The highest BCUT2D eigenvalue weighted by Crippen LogP contribution is 2.41. The Labute approximate surface area is 314 Å². The molecule has 0 aliphatic heterocycles. The number of hydrogen-bond donors (Lipinski definition) is 0. The second kappa shape index (κ2) is 13.4. The summed E-state index contributed by atoms with van der Waals surface area (Å²) in [6.07, 6.45) is 0. The van der Waals surface area contributed by atoms with Crippen LogP contribution in [0.1, 0.15) is 0 Å². The predicted molar refractivity (Wildman–Crippen MR) is 227 cm³/mol. The molecule has 0 bridgehead atoms. The van der Waals surface area contributed by atoms with Gasteiger partial charge in [0.05, 0.1) is 11.4 Å². The highest BCUT2D eigenvalue weighted by atomic mass is 14.9. The summed E-state index contributed by atoms with van der Waals surface area (Å²) in [7, 11) is 0. The van der Waals surface area contributed by atoms with Crippen molar-refractivity contribution >= 4 is 32.3 Å². The molecule has 2 heteroatoms. The molecule has 1 aromatic heterocycles. The molecule has 0 atom stereocenters. The normalized spacial score (nSPS) is 11.3. The van der Waals surface area contributed by atoms with E-state index in [1.165, 1.54) is 43.4 Å². The number of hydrogen-bond acceptors (Lipinski definition) is 2. The van der Waals surface area contributed by atoms with Crippen LogP contribution in [0.3, 0.4) is 0 Å². The molecule has 54 heavy (non-hydrogen) atoms. The van der Waals surface area contributed by atoms with Crippen LogP contribution in [-0.4, -0.2) is 9.97 Å². The molecule has 0 saturated heterocycles. The molecule has 0 N–H and O–H groups in total. The first kappa shape index (κ1) is 31.6. The topological polar surface area (TPSA) is 25.8 Å². The van der Waals surface area contributed by atoms with Gasteiger partial charge < -0.3 is 0 Å². The average molecular weight is 687 g/mol. The van der Waals surface area contributed by atoms with Gasteiger partial charge in [-0.15, -0.1) is 0 Å². The number of fused-ring (bicyclic) bond motifs is 6. The van der Waals surface area contributed by atoms with Crippen LogP contribution < -0.4 is 0 Å². The summed E-state index contributed by atoms with van der Waals surface area (Å²) in [6, 6.07) is 73.3. The van der Waals surface area contributed by atoms with Crippen molar-refractivity contribution in [2.45, 2.75) is 0 Å². The molecule has 252 valence electrons. The molecule has 0 amide bonds. The first-order valence-electron chi connectivity index (χ1n) is 18.4. The monoisotopic (exact) mass is 686 g/mol. The van der Waals surface area contributed by atoms with Gasteiger partial charge in [-0.05, 0) is 78.3 Å². The highest BCUT2D eigenvalue weighted by Gasteiger charge is 2.20. The van der Waals surface area contributed by atoms with E-state index in [-0.39, 0.29) is 0 Å². The Morgan fingerprint density at radius 3 is 1.07 bits per heavy atom. The lowest BCUT2D eigenvalue weighted by Gasteiger charge is -2.17. The van der Waals surface area contributed by atoms with Crippen LogP contribution in [0.25, 0.3) is 99.6 Å². The van der Waals surface area contributed by atoms with Gasteiger partial charge in [-0.1, -0.05) is 188 Å². The minimum atomic E-state index is 0.694. The van der Waals surface area contributed by atoms with E-state index in [1.807, 2.05) is 18.2 Å². The molecule has 10 aromatic rings. The maximum atomic E-state index is 5.34. The second-order valence-corrected chi connectivity index (χ2v) is 13.7. The fraction of sp³-hybridized carbons (Fsp3) is 0. The van der Waals surface area contributed by atoms with Crippen molar-refractivity contribution in [1.82, 2.24) is 9.97 Å². The Hall–Kier alpha value is -7.16. The molecule has 0 spiro atoms. The second-order valence-electron chi connectivity index (χ2n) is 13.7. The van der Waals surface area contributed by atoms with Crippen molar-refractivity contribution in [2.75, 3.05) is 0 Å². The van der Waals surface area contributed by atoms with Gasteiger partial charge in [-0.25, -0.2) is 9.97 Å². The first-order valence-corrected chi connectivity index (χ1v) is 18.4.